The van der Waals surface area contributed by atoms with Crippen LogP contribution in [0.25, 0.3) is 0 Å². The summed E-state index contributed by atoms with van der Waals surface area (Å²) in [5, 5.41) is 0. The molecule has 0 saturated heterocycles. The maximum absolute atomic E-state index is 10.8. The molecule has 0 unspecified atom stereocenters. The molecule has 9 heteroatoms. The van der Waals surface area contributed by atoms with Crippen LogP contribution in [0.3, 0.4) is 0 Å². The summed E-state index contributed by atoms with van der Waals surface area (Å²) >= 11 is 0. The molecule has 0 aromatic carbocycles. The molecule has 3 N–H and O–H groups in total. The molecular weight excluding hydrogens is 269 g/mol. The fourth-order valence-corrected chi connectivity index (χ4v) is 3.24. The van der Waals surface area contributed by atoms with Crippen LogP contribution in [0.1, 0.15) is 45.4 Å². The van der Waals surface area contributed by atoms with E-state index in [0.29, 0.717) is 12.8 Å². The molecular formula is C8H20NO6PS. The van der Waals surface area contributed by atoms with Crippen molar-refractivity contribution < 1.29 is 27.3 Å². The van der Waals surface area contributed by atoms with Gasteiger partial charge in [-0.15, -0.1) is 0 Å². The van der Waals surface area contributed by atoms with E-state index in [2.05, 4.69) is 6.92 Å². The molecule has 0 aromatic heterocycles. The molecule has 0 rings (SSSR count). The highest BCUT2D eigenvalue weighted by Crippen LogP contribution is 2.42. The largest absolute Gasteiger partial charge is 0.418 e. The van der Waals surface area contributed by atoms with E-state index in [0.717, 1.165) is 25.7 Å². The zero-order chi connectivity index (χ0) is 13.5. The van der Waals surface area contributed by atoms with Gasteiger partial charge in [-0.2, -0.15) is 8.42 Å². The third-order valence-electron chi connectivity index (χ3n) is 2.26. The average molecular weight is 289 g/mol. The van der Waals surface area contributed by atoms with Crippen molar-refractivity contribution in [2.45, 2.75) is 45.4 Å². The van der Waals surface area contributed by atoms with Crippen LogP contribution >= 0.6 is 7.75 Å². The number of unbranched alkanes of at least 4 members (excludes halogenated alkanes) is 5. The Kier molecular flexibility index (Phi) is 7.46. The molecule has 0 spiro atoms. The van der Waals surface area contributed by atoms with E-state index in [1.807, 2.05) is 0 Å². The summed E-state index contributed by atoms with van der Waals surface area (Å²) in [5.41, 5.74) is 0. The fourth-order valence-electron chi connectivity index (χ4n) is 1.41. The lowest BCUT2D eigenvalue weighted by molar-refractivity contribution is 0.303. The molecule has 0 amide bonds. The number of hydrogen-bond acceptors (Lipinski definition) is 3. The third-order valence-corrected chi connectivity index (χ3v) is 5.01. The summed E-state index contributed by atoms with van der Waals surface area (Å²) < 4.78 is 40.8. The van der Waals surface area contributed by atoms with Crippen molar-refractivity contribution in [3.63, 3.8) is 0 Å². The summed E-state index contributed by atoms with van der Waals surface area (Å²) in [5.74, 6) is 0. The summed E-state index contributed by atoms with van der Waals surface area (Å²) in [6.07, 6.45) is 5.05. The highest BCUT2D eigenvalue weighted by atomic mass is 32.2. The third kappa shape index (κ3) is 7.86. The van der Waals surface area contributed by atoms with Gasteiger partial charge >= 0.3 is 18.1 Å². The van der Waals surface area contributed by atoms with E-state index >= 15 is 0 Å². The number of nitrogens with zero attached hydrogens (tertiary/aromatic N) is 1. The number of rotatable bonds is 9. The van der Waals surface area contributed by atoms with Gasteiger partial charge in [0.25, 0.3) is 0 Å². The second-order valence-corrected chi connectivity index (χ2v) is 6.92. The Morgan fingerprint density at radius 2 is 1.53 bits per heavy atom. The average Bonchev–Trinajstić information content (AvgIpc) is 2.12. The van der Waals surface area contributed by atoms with Gasteiger partial charge in [0.05, 0.1) is 0 Å². The molecule has 0 aliphatic carbocycles. The van der Waals surface area contributed by atoms with Gasteiger partial charge in [0.15, 0.2) is 0 Å². The fraction of sp³-hybridized carbons (Fsp3) is 1.00. The Morgan fingerprint density at radius 1 is 1.06 bits per heavy atom. The lowest BCUT2D eigenvalue weighted by Gasteiger charge is -2.18. The quantitative estimate of drug-likeness (QED) is 0.337. The topological polar surface area (TPSA) is 115 Å². The first-order valence-corrected chi connectivity index (χ1v) is 8.47. The first-order valence-electron chi connectivity index (χ1n) is 5.50. The summed E-state index contributed by atoms with van der Waals surface area (Å²) in [6.45, 7) is 1.70. The molecule has 0 saturated carbocycles. The van der Waals surface area contributed by atoms with Crippen LogP contribution in [-0.2, 0) is 14.9 Å². The zero-order valence-electron chi connectivity index (χ0n) is 9.82. The Bertz CT molecular complexity index is 351. The Hall–Kier alpha value is 0.0200. The minimum atomic E-state index is -4.96. The van der Waals surface area contributed by atoms with Gasteiger partial charge in [0, 0.05) is 6.54 Å². The zero-order valence-corrected chi connectivity index (χ0v) is 11.5. The van der Waals surface area contributed by atoms with E-state index in [-0.39, 0.29) is 10.6 Å². The summed E-state index contributed by atoms with van der Waals surface area (Å²) in [6, 6.07) is 0. The highest BCUT2D eigenvalue weighted by Gasteiger charge is 2.34. The smallest absolute Gasteiger partial charge is 0.312 e. The van der Waals surface area contributed by atoms with E-state index in [1.54, 1.807) is 0 Å². The SMILES string of the molecule is CCCCCCCCN(P(=O)(O)O)S(=O)(=O)O. The van der Waals surface area contributed by atoms with Gasteiger partial charge in [-0.05, 0) is 6.42 Å². The van der Waals surface area contributed by atoms with E-state index < -0.39 is 18.1 Å². The van der Waals surface area contributed by atoms with Crippen molar-refractivity contribution in [1.82, 2.24) is 4.08 Å². The molecule has 0 radical (unpaired) electrons. The van der Waals surface area contributed by atoms with Gasteiger partial charge in [-0.25, -0.2) is 4.57 Å². The van der Waals surface area contributed by atoms with Crippen LogP contribution in [0.4, 0.5) is 0 Å². The molecule has 17 heavy (non-hydrogen) atoms. The molecule has 0 atom stereocenters. The monoisotopic (exact) mass is 289 g/mol. The predicted molar refractivity (Wildman–Crippen MR) is 63.7 cm³/mol. The van der Waals surface area contributed by atoms with Crippen LogP contribution in [0.15, 0.2) is 0 Å². The Labute approximate surface area is 102 Å². The van der Waals surface area contributed by atoms with Gasteiger partial charge in [0.1, 0.15) is 0 Å². The second-order valence-electron chi connectivity index (χ2n) is 3.80. The van der Waals surface area contributed by atoms with Crippen molar-refractivity contribution in [3.05, 3.63) is 0 Å². The summed E-state index contributed by atoms with van der Waals surface area (Å²) in [4.78, 5) is 17.5. The van der Waals surface area contributed by atoms with E-state index in [1.165, 1.54) is 0 Å². The van der Waals surface area contributed by atoms with Crippen molar-refractivity contribution in [1.29, 1.82) is 0 Å². The molecule has 0 heterocycles. The lowest BCUT2D eigenvalue weighted by Crippen LogP contribution is -2.28. The van der Waals surface area contributed by atoms with Gasteiger partial charge in [-0.1, -0.05) is 43.1 Å². The molecule has 0 aromatic rings. The van der Waals surface area contributed by atoms with Crippen LogP contribution in [0, 0.1) is 0 Å². The highest BCUT2D eigenvalue weighted by molar-refractivity contribution is 7.89. The van der Waals surface area contributed by atoms with Gasteiger partial charge < -0.3 is 9.79 Å². The van der Waals surface area contributed by atoms with Crippen LogP contribution in [0.5, 0.6) is 0 Å². The van der Waals surface area contributed by atoms with Gasteiger partial charge in [-0.3, -0.25) is 4.55 Å². The molecule has 0 bridgehead atoms. The molecule has 7 nitrogen and oxygen atoms in total. The van der Waals surface area contributed by atoms with Crippen LogP contribution < -0.4 is 0 Å². The number of hydrogen-bond donors (Lipinski definition) is 3. The Morgan fingerprint density at radius 3 is 1.94 bits per heavy atom. The molecule has 0 fully saturated rings. The molecule has 0 aliphatic heterocycles. The maximum atomic E-state index is 10.8. The molecule has 104 valence electrons. The predicted octanol–water partition coefficient (Wildman–Crippen LogP) is 1.54. The second kappa shape index (κ2) is 7.45. The lowest BCUT2D eigenvalue weighted by atomic mass is 10.1. The molecule has 0 aliphatic rings. The van der Waals surface area contributed by atoms with Crippen LogP contribution in [0.2, 0.25) is 0 Å². The van der Waals surface area contributed by atoms with Gasteiger partial charge in [0.2, 0.25) is 0 Å². The maximum Gasteiger partial charge on any atom is 0.418 e. The summed E-state index contributed by atoms with van der Waals surface area (Å²) in [7, 11) is -9.81. The normalized spacial score (nSPS) is 13.2. The van der Waals surface area contributed by atoms with Crippen molar-refractivity contribution in [2.24, 2.45) is 0 Å². The van der Waals surface area contributed by atoms with E-state index in [9.17, 15) is 13.0 Å². The van der Waals surface area contributed by atoms with E-state index in [4.69, 9.17) is 14.3 Å². The minimum Gasteiger partial charge on any atom is -0.312 e. The Balaban J connectivity index is 4.09. The minimum absolute atomic E-state index is 0.167. The van der Waals surface area contributed by atoms with Crippen molar-refractivity contribution in [3.8, 4) is 0 Å². The van der Waals surface area contributed by atoms with Crippen molar-refractivity contribution in [2.75, 3.05) is 6.54 Å². The van der Waals surface area contributed by atoms with Crippen molar-refractivity contribution >= 4 is 18.1 Å². The standard InChI is InChI=1S/C8H20NO6PS/c1-2-3-4-5-6-7-8-9(16(10,11)12)17(13,14)15/h2-8H2,1H3,(H2,10,11,12)(H,13,14,15). The van der Waals surface area contributed by atoms with Crippen LogP contribution in [-0.4, -0.2) is 33.4 Å². The first-order chi connectivity index (χ1) is 7.69. The first kappa shape index (κ1) is 17.0.